The first kappa shape index (κ1) is 26.4. The number of aryl methyl sites for hydroxylation is 2. The number of amides is 5. The minimum atomic E-state index is -0.703. The Morgan fingerprint density at radius 3 is 2.37 bits per heavy atom. The van der Waals surface area contributed by atoms with Crippen LogP contribution >= 0.6 is 11.6 Å². The van der Waals surface area contributed by atoms with E-state index in [1.165, 1.54) is 12.1 Å². The van der Waals surface area contributed by atoms with E-state index in [0.717, 1.165) is 16.0 Å². The molecule has 3 aromatic carbocycles. The summed E-state index contributed by atoms with van der Waals surface area (Å²) in [6, 6.07) is 18.6. The highest BCUT2D eigenvalue weighted by molar-refractivity contribution is 6.32. The zero-order chi connectivity index (χ0) is 27.2. The van der Waals surface area contributed by atoms with Gasteiger partial charge in [0, 0.05) is 11.4 Å². The maximum atomic E-state index is 12.8. The van der Waals surface area contributed by atoms with Crippen LogP contribution in [0.2, 0.25) is 5.02 Å². The average Bonchev–Trinajstić information content (AvgIpc) is 3.12. The summed E-state index contributed by atoms with van der Waals surface area (Å²) in [5, 5.41) is 8.09. The Labute approximate surface area is 224 Å². The molecule has 0 aliphatic carbocycles. The molecule has 1 aliphatic rings. The van der Waals surface area contributed by atoms with Crippen LogP contribution < -0.4 is 20.7 Å². The molecule has 194 valence electrons. The number of halogens is 1. The average molecular weight is 533 g/mol. The van der Waals surface area contributed by atoms with Crippen molar-refractivity contribution in [3.05, 3.63) is 94.1 Å². The molecule has 0 saturated carbocycles. The second-order valence-corrected chi connectivity index (χ2v) is 9.10. The number of ether oxygens (including phenoxy) is 1. The van der Waals surface area contributed by atoms with Crippen molar-refractivity contribution in [3.8, 4) is 5.75 Å². The Bertz CT molecular complexity index is 1440. The molecule has 5 amide bonds. The van der Waals surface area contributed by atoms with Crippen molar-refractivity contribution >= 4 is 52.8 Å². The van der Waals surface area contributed by atoms with Gasteiger partial charge in [-0.1, -0.05) is 47.5 Å². The van der Waals surface area contributed by atoms with Crippen LogP contribution in [0.25, 0.3) is 6.08 Å². The molecule has 0 atom stereocenters. The number of hydrogen-bond acceptors (Lipinski definition) is 5. The van der Waals surface area contributed by atoms with Crippen LogP contribution in [0.3, 0.4) is 0 Å². The van der Waals surface area contributed by atoms with Gasteiger partial charge in [0.25, 0.3) is 11.8 Å². The van der Waals surface area contributed by atoms with E-state index < -0.39 is 24.4 Å². The number of nitrogens with zero attached hydrogens (tertiary/aromatic N) is 1. The molecule has 3 aromatic rings. The monoisotopic (exact) mass is 532 g/mol. The second kappa shape index (κ2) is 11.6. The van der Waals surface area contributed by atoms with Crippen LogP contribution in [0.4, 0.5) is 16.2 Å². The third kappa shape index (κ3) is 6.77. The van der Waals surface area contributed by atoms with E-state index in [2.05, 4.69) is 16.0 Å². The van der Waals surface area contributed by atoms with E-state index >= 15 is 0 Å². The van der Waals surface area contributed by atoms with E-state index in [1.807, 2.05) is 32.0 Å². The van der Waals surface area contributed by atoms with Crippen molar-refractivity contribution in [2.45, 2.75) is 13.8 Å². The fourth-order valence-electron chi connectivity index (χ4n) is 3.65. The number of urea groups is 1. The highest BCUT2D eigenvalue weighted by atomic mass is 35.5. The zero-order valence-electron chi connectivity index (χ0n) is 20.7. The highest BCUT2D eigenvalue weighted by Gasteiger charge is 2.35. The lowest BCUT2D eigenvalue weighted by Crippen LogP contribution is -2.38. The minimum absolute atomic E-state index is 0.000524. The first-order chi connectivity index (χ1) is 18.2. The van der Waals surface area contributed by atoms with Gasteiger partial charge in [0.2, 0.25) is 5.91 Å². The summed E-state index contributed by atoms with van der Waals surface area (Å²) in [5.41, 5.74) is 3.78. The van der Waals surface area contributed by atoms with Crippen LogP contribution in [-0.2, 0) is 14.4 Å². The smallest absolute Gasteiger partial charge is 0.329 e. The standard InChI is InChI=1S/C28H25ClN4O5/c1-17-6-9-20(10-7-17)30-26(35)16-38-24-11-8-19(13-22(24)29)14-23-27(36)33(28(37)32-23)15-25(34)31-21-5-3-4-18(2)12-21/h3-14H,15-16H2,1-2H3,(H,30,35)(H,31,34)(H,32,37)/b23-14+. The largest absolute Gasteiger partial charge is 0.482 e. The summed E-state index contributed by atoms with van der Waals surface area (Å²) >= 11 is 6.31. The quantitative estimate of drug-likeness (QED) is 0.291. The van der Waals surface area contributed by atoms with Crippen molar-refractivity contribution in [3.63, 3.8) is 0 Å². The molecule has 10 heteroatoms. The van der Waals surface area contributed by atoms with Gasteiger partial charge in [-0.05, 0) is 67.4 Å². The maximum absolute atomic E-state index is 12.8. The lowest BCUT2D eigenvalue weighted by Gasteiger charge is -2.12. The van der Waals surface area contributed by atoms with E-state index in [-0.39, 0.29) is 29.0 Å². The van der Waals surface area contributed by atoms with Gasteiger partial charge in [0.15, 0.2) is 6.61 Å². The molecule has 38 heavy (non-hydrogen) atoms. The third-order valence-corrected chi connectivity index (χ3v) is 5.82. The van der Waals surface area contributed by atoms with Gasteiger partial charge in [-0.15, -0.1) is 0 Å². The molecule has 1 saturated heterocycles. The fourth-order valence-corrected chi connectivity index (χ4v) is 3.89. The van der Waals surface area contributed by atoms with Crippen molar-refractivity contribution < 1.29 is 23.9 Å². The molecule has 3 N–H and O–H groups in total. The van der Waals surface area contributed by atoms with E-state index in [1.54, 1.807) is 42.5 Å². The molecule has 0 bridgehead atoms. The first-order valence-electron chi connectivity index (χ1n) is 11.7. The van der Waals surface area contributed by atoms with Crippen LogP contribution in [-0.4, -0.2) is 41.8 Å². The number of hydrogen-bond donors (Lipinski definition) is 3. The van der Waals surface area contributed by atoms with Gasteiger partial charge in [0.05, 0.1) is 5.02 Å². The van der Waals surface area contributed by atoms with Crippen LogP contribution in [0, 0.1) is 13.8 Å². The molecule has 1 heterocycles. The summed E-state index contributed by atoms with van der Waals surface area (Å²) in [5.74, 6) is -1.21. The third-order valence-electron chi connectivity index (χ3n) is 5.53. The predicted octanol–water partition coefficient (Wildman–Crippen LogP) is 4.51. The Kier molecular flexibility index (Phi) is 8.08. The molecule has 0 aromatic heterocycles. The zero-order valence-corrected chi connectivity index (χ0v) is 21.5. The van der Waals surface area contributed by atoms with Gasteiger partial charge in [-0.3, -0.25) is 14.4 Å². The Morgan fingerprint density at radius 1 is 0.921 bits per heavy atom. The second-order valence-electron chi connectivity index (χ2n) is 8.69. The molecule has 1 fully saturated rings. The predicted molar refractivity (Wildman–Crippen MR) is 145 cm³/mol. The SMILES string of the molecule is Cc1ccc(NC(=O)COc2ccc(/C=C3/NC(=O)N(CC(=O)Nc4cccc(C)c4)C3=O)cc2Cl)cc1. The van der Waals surface area contributed by atoms with Gasteiger partial charge < -0.3 is 20.7 Å². The molecule has 1 aliphatic heterocycles. The van der Waals surface area contributed by atoms with Crippen molar-refractivity contribution in [2.75, 3.05) is 23.8 Å². The van der Waals surface area contributed by atoms with Gasteiger partial charge in [-0.2, -0.15) is 0 Å². The molecule has 4 rings (SSSR count). The number of carbonyl (C=O) groups excluding carboxylic acids is 4. The van der Waals surface area contributed by atoms with Gasteiger partial charge in [-0.25, -0.2) is 9.69 Å². The summed E-state index contributed by atoms with van der Waals surface area (Å²) < 4.78 is 5.52. The first-order valence-corrected chi connectivity index (χ1v) is 12.1. The Balaban J connectivity index is 1.34. The van der Waals surface area contributed by atoms with Crippen LogP contribution in [0.15, 0.2) is 72.4 Å². The van der Waals surface area contributed by atoms with Crippen LogP contribution in [0.5, 0.6) is 5.75 Å². The number of rotatable bonds is 8. The maximum Gasteiger partial charge on any atom is 0.329 e. The van der Waals surface area contributed by atoms with E-state index in [0.29, 0.717) is 16.9 Å². The van der Waals surface area contributed by atoms with E-state index in [4.69, 9.17) is 16.3 Å². The molecule has 0 radical (unpaired) electrons. The number of benzene rings is 3. The summed E-state index contributed by atoms with van der Waals surface area (Å²) in [6.45, 7) is 3.16. The molecule has 9 nitrogen and oxygen atoms in total. The number of imide groups is 1. The molecular formula is C28H25ClN4O5. The number of anilines is 2. The Hall–Kier alpha value is -4.63. The lowest BCUT2D eigenvalue weighted by molar-refractivity contribution is -0.127. The van der Waals surface area contributed by atoms with Crippen molar-refractivity contribution in [1.82, 2.24) is 10.2 Å². The highest BCUT2D eigenvalue weighted by Crippen LogP contribution is 2.27. The summed E-state index contributed by atoms with van der Waals surface area (Å²) in [4.78, 5) is 50.5. The van der Waals surface area contributed by atoms with Crippen LogP contribution in [0.1, 0.15) is 16.7 Å². The summed E-state index contributed by atoms with van der Waals surface area (Å²) in [7, 11) is 0. The molecule has 0 unspecified atom stereocenters. The molecular weight excluding hydrogens is 508 g/mol. The summed E-state index contributed by atoms with van der Waals surface area (Å²) in [6.07, 6.45) is 1.44. The topological polar surface area (TPSA) is 117 Å². The fraction of sp³-hybridized carbons (Fsp3) is 0.143. The van der Waals surface area contributed by atoms with Gasteiger partial charge in [0.1, 0.15) is 18.0 Å². The van der Waals surface area contributed by atoms with Gasteiger partial charge >= 0.3 is 6.03 Å². The minimum Gasteiger partial charge on any atom is -0.482 e. The Morgan fingerprint density at radius 2 is 1.66 bits per heavy atom. The lowest BCUT2D eigenvalue weighted by atomic mass is 10.2. The number of nitrogens with one attached hydrogen (secondary N) is 3. The number of carbonyl (C=O) groups is 4. The molecule has 0 spiro atoms. The van der Waals surface area contributed by atoms with Crippen molar-refractivity contribution in [1.29, 1.82) is 0 Å². The normalized spacial score (nSPS) is 13.9. The van der Waals surface area contributed by atoms with Crippen molar-refractivity contribution in [2.24, 2.45) is 0 Å². The van der Waals surface area contributed by atoms with E-state index in [9.17, 15) is 19.2 Å².